The van der Waals surface area contributed by atoms with Gasteiger partial charge < -0.3 is 19.9 Å². The van der Waals surface area contributed by atoms with Gasteiger partial charge in [-0.3, -0.25) is 10.1 Å². The predicted octanol–water partition coefficient (Wildman–Crippen LogP) is 5.72. The summed E-state index contributed by atoms with van der Waals surface area (Å²) in [6.07, 6.45) is -4.61. The van der Waals surface area contributed by atoms with Gasteiger partial charge in [0.15, 0.2) is 0 Å². The molecule has 3 aromatic carbocycles. The van der Waals surface area contributed by atoms with Gasteiger partial charge in [0.2, 0.25) is 0 Å². The van der Waals surface area contributed by atoms with Crippen LogP contribution in [0.2, 0.25) is 0 Å². The molecule has 1 unspecified atom stereocenters. The van der Waals surface area contributed by atoms with Gasteiger partial charge in [-0.2, -0.15) is 13.2 Å². The largest absolute Gasteiger partial charge is 0.439 e. The van der Waals surface area contributed by atoms with Crippen molar-refractivity contribution in [1.29, 1.82) is 0 Å². The van der Waals surface area contributed by atoms with Gasteiger partial charge in [0.1, 0.15) is 11.4 Å². The van der Waals surface area contributed by atoms with Gasteiger partial charge in [-0.1, -0.05) is 30.3 Å². The Bertz CT molecular complexity index is 1820. The maximum absolute atomic E-state index is 14.5. The van der Waals surface area contributed by atoms with E-state index in [1.54, 1.807) is 18.2 Å². The Labute approximate surface area is 246 Å². The van der Waals surface area contributed by atoms with Gasteiger partial charge in [0.25, 0.3) is 11.3 Å². The lowest BCUT2D eigenvalue weighted by molar-refractivity contribution is -0.384. The Kier molecular flexibility index (Phi) is 8.85. The number of ether oxygens (including phenoxy) is 1. The lowest BCUT2D eigenvalue weighted by atomic mass is 9.94. The smallest absolute Gasteiger partial charge is 0.434 e. The first-order chi connectivity index (χ1) is 20.7. The number of carbonyl (C=O) groups is 1. The molecule has 1 aromatic heterocycles. The van der Waals surface area contributed by atoms with Crippen molar-refractivity contribution < 1.29 is 36.4 Å². The fourth-order valence-corrected chi connectivity index (χ4v) is 4.44. The van der Waals surface area contributed by atoms with Crippen molar-refractivity contribution in [3.8, 4) is 11.1 Å². The molecule has 0 radical (unpaired) electrons. The number of nitrogens with two attached hydrogens (primary N) is 2. The van der Waals surface area contributed by atoms with Crippen LogP contribution in [-0.4, -0.2) is 27.7 Å². The van der Waals surface area contributed by atoms with E-state index in [-0.39, 0.29) is 23.4 Å². The van der Waals surface area contributed by atoms with Crippen LogP contribution in [0.3, 0.4) is 0 Å². The van der Waals surface area contributed by atoms with Crippen LogP contribution in [0, 0.1) is 15.9 Å². The molecule has 0 aliphatic heterocycles. The molecule has 0 aliphatic rings. The summed E-state index contributed by atoms with van der Waals surface area (Å²) >= 11 is 0. The minimum atomic E-state index is -5.24. The molecule has 10 nitrogen and oxygen atoms in total. The lowest BCUT2D eigenvalue weighted by Crippen LogP contribution is -2.53. The summed E-state index contributed by atoms with van der Waals surface area (Å²) in [4.78, 5) is 35.1. The standard InChI is InChI=1S/C30H24F4N4O6/c1-2-12-29(30(32,33)34,44-28(40)19-7-9-22(10-8-19)38(41)42)26(35)17-37(36)16-18-6-11-23-24(15-27(39)43-25(23)13-18)20-4-3-5-21(31)14-20/h2-11,13-15,17H,1,12,16,35-36H2/b26-17-. The third-order valence-corrected chi connectivity index (χ3v) is 6.55. The Hall–Kier alpha value is -5.50. The zero-order chi connectivity index (χ0) is 32.2. The molecule has 0 fully saturated rings. The number of non-ortho nitro benzene ring substituents is 1. The number of hydrazine groups is 1. The lowest BCUT2D eigenvalue weighted by Gasteiger charge is -2.35. The molecule has 4 N–H and O–H groups in total. The second-order valence-corrected chi connectivity index (χ2v) is 9.59. The number of nitro benzene ring substituents is 1. The van der Waals surface area contributed by atoms with Gasteiger partial charge in [-0.15, -0.1) is 6.58 Å². The van der Waals surface area contributed by atoms with Gasteiger partial charge >= 0.3 is 17.8 Å². The highest BCUT2D eigenvalue weighted by atomic mass is 19.4. The molecular weight excluding hydrogens is 588 g/mol. The molecule has 4 rings (SSSR count). The van der Waals surface area contributed by atoms with E-state index in [0.717, 1.165) is 41.6 Å². The summed E-state index contributed by atoms with van der Waals surface area (Å²) in [7, 11) is 0. The Morgan fingerprint density at radius 2 is 1.80 bits per heavy atom. The van der Waals surface area contributed by atoms with Crippen molar-refractivity contribution in [3.63, 3.8) is 0 Å². The van der Waals surface area contributed by atoms with Crippen molar-refractivity contribution in [1.82, 2.24) is 5.01 Å². The number of carbonyl (C=O) groups excluding carboxylic acids is 1. The minimum absolute atomic E-state index is 0.118. The molecule has 0 bridgehead atoms. The Morgan fingerprint density at radius 1 is 1.09 bits per heavy atom. The topological polar surface area (TPSA) is 155 Å². The van der Waals surface area contributed by atoms with Crippen LogP contribution >= 0.6 is 0 Å². The SMILES string of the molecule is C=CCC(OC(=O)c1ccc([N+](=O)[O-])cc1)(/C(N)=C/N(N)Cc1ccc2c(-c3cccc(F)c3)cc(=O)oc2c1)C(F)(F)F. The molecular formula is C30H24F4N4O6. The van der Waals surface area contributed by atoms with Gasteiger partial charge in [-0.25, -0.2) is 19.8 Å². The first kappa shape index (κ1) is 31.4. The van der Waals surface area contributed by atoms with Crippen LogP contribution in [0.25, 0.3) is 22.1 Å². The fraction of sp³-hybridized carbons (Fsp3) is 0.133. The summed E-state index contributed by atoms with van der Waals surface area (Å²) in [5.74, 6) is 4.03. The molecule has 44 heavy (non-hydrogen) atoms. The monoisotopic (exact) mass is 612 g/mol. The van der Waals surface area contributed by atoms with Crippen molar-refractivity contribution in [2.45, 2.75) is 24.7 Å². The number of hydrogen-bond acceptors (Lipinski definition) is 9. The number of alkyl halides is 3. The highest BCUT2D eigenvalue weighted by Gasteiger charge is 2.60. The molecule has 228 valence electrons. The first-order valence-corrected chi connectivity index (χ1v) is 12.7. The average Bonchev–Trinajstić information content (AvgIpc) is 2.95. The average molecular weight is 613 g/mol. The van der Waals surface area contributed by atoms with E-state index < -0.39 is 46.2 Å². The van der Waals surface area contributed by atoms with E-state index in [4.69, 9.17) is 20.7 Å². The van der Waals surface area contributed by atoms with Crippen molar-refractivity contribution >= 4 is 22.6 Å². The molecule has 1 atom stereocenters. The van der Waals surface area contributed by atoms with Crippen LogP contribution in [0.1, 0.15) is 22.3 Å². The Balaban J connectivity index is 1.64. The normalized spacial score (nSPS) is 13.2. The van der Waals surface area contributed by atoms with Gasteiger partial charge in [-0.05, 0) is 47.0 Å². The number of esters is 1. The van der Waals surface area contributed by atoms with E-state index in [1.165, 1.54) is 30.3 Å². The van der Waals surface area contributed by atoms with Crippen molar-refractivity contribution in [2.24, 2.45) is 11.6 Å². The van der Waals surface area contributed by atoms with E-state index in [2.05, 4.69) is 6.58 Å². The summed E-state index contributed by atoms with van der Waals surface area (Å²) < 4.78 is 67.5. The molecule has 14 heteroatoms. The second kappa shape index (κ2) is 12.4. The molecule has 4 aromatic rings. The zero-order valence-corrected chi connectivity index (χ0v) is 22.7. The van der Waals surface area contributed by atoms with E-state index in [0.29, 0.717) is 22.1 Å². The number of fused-ring (bicyclic) bond motifs is 1. The second-order valence-electron chi connectivity index (χ2n) is 9.59. The Morgan fingerprint density at radius 3 is 2.41 bits per heavy atom. The number of nitro groups is 1. The molecule has 0 spiro atoms. The van der Waals surface area contributed by atoms with E-state index in [9.17, 15) is 37.3 Å². The maximum Gasteiger partial charge on any atom is 0.434 e. The predicted molar refractivity (Wildman–Crippen MR) is 152 cm³/mol. The number of benzene rings is 3. The highest BCUT2D eigenvalue weighted by Crippen LogP contribution is 2.41. The van der Waals surface area contributed by atoms with Crippen LogP contribution in [-0.2, 0) is 11.3 Å². The van der Waals surface area contributed by atoms with E-state index >= 15 is 0 Å². The van der Waals surface area contributed by atoms with Gasteiger partial charge in [0.05, 0.1) is 22.7 Å². The number of nitrogens with zero attached hydrogens (tertiary/aromatic N) is 2. The number of halogens is 4. The zero-order valence-electron chi connectivity index (χ0n) is 22.7. The maximum atomic E-state index is 14.5. The van der Waals surface area contributed by atoms with Gasteiger partial charge in [0, 0.05) is 36.2 Å². The fourth-order valence-electron chi connectivity index (χ4n) is 4.44. The molecule has 0 amide bonds. The molecule has 1 heterocycles. The molecule has 0 aliphatic carbocycles. The summed E-state index contributed by atoms with van der Waals surface area (Å²) in [5, 5.41) is 12.2. The van der Waals surface area contributed by atoms with Crippen LogP contribution in [0.5, 0.6) is 0 Å². The number of rotatable bonds is 10. The van der Waals surface area contributed by atoms with Crippen molar-refractivity contribution in [3.05, 3.63) is 135 Å². The minimum Gasteiger partial charge on any atom is -0.439 e. The van der Waals surface area contributed by atoms with Crippen LogP contribution < -0.4 is 17.2 Å². The molecule has 0 saturated heterocycles. The first-order valence-electron chi connectivity index (χ1n) is 12.7. The summed E-state index contributed by atoms with van der Waals surface area (Å²) in [5.41, 5.74) is 1.39. The van der Waals surface area contributed by atoms with E-state index in [1.807, 2.05) is 0 Å². The summed E-state index contributed by atoms with van der Waals surface area (Å²) in [6.45, 7) is 3.09. The summed E-state index contributed by atoms with van der Waals surface area (Å²) in [6, 6.07) is 15.2. The third kappa shape index (κ3) is 6.60. The highest BCUT2D eigenvalue weighted by molar-refractivity contribution is 5.93. The number of hydrogen-bond donors (Lipinski definition) is 2. The van der Waals surface area contributed by atoms with Crippen molar-refractivity contribution in [2.75, 3.05) is 0 Å². The quantitative estimate of drug-likeness (QED) is 0.0435. The molecule has 0 saturated carbocycles. The third-order valence-electron chi connectivity index (χ3n) is 6.55. The van der Waals surface area contributed by atoms with Crippen LogP contribution in [0.4, 0.5) is 23.2 Å². The van der Waals surface area contributed by atoms with Crippen LogP contribution in [0.15, 0.2) is 107 Å².